The van der Waals surface area contributed by atoms with E-state index in [-0.39, 0.29) is 11.3 Å². The van der Waals surface area contributed by atoms with Crippen molar-refractivity contribution < 1.29 is 4.79 Å². The van der Waals surface area contributed by atoms with Crippen LogP contribution in [0.1, 0.15) is 27.2 Å². The number of anilines is 2. The summed E-state index contributed by atoms with van der Waals surface area (Å²) in [7, 11) is 1.84. The molecule has 4 rings (SSSR count). The first kappa shape index (κ1) is 21.0. The first-order valence-electron chi connectivity index (χ1n) is 10.9. The van der Waals surface area contributed by atoms with Crippen molar-refractivity contribution in [3.8, 4) is 11.3 Å². The quantitative estimate of drug-likeness (QED) is 0.679. The summed E-state index contributed by atoms with van der Waals surface area (Å²) < 4.78 is 0. The second kappa shape index (κ2) is 8.49. The predicted molar refractivity (Wildman–Crippen MR) is 125 cm³/mol. The van der Waals surface area contributed by atoms with E-state index in [1.165, 1.54) is 5.69 Å². The van der Waals surface area contributed by atoms with E-state index in [0.717, 1.165) is 60.7 Å². The Morgan fingerprint density at radius 2 is 1.74 bits per heavy atom. The fourth-order valence-electron chi connectivity index (χ4n) is 3.88. The van der Waals surface area contributed by atoms with Crippen LogP contribution in [0.2, 0.25) is 0 Å². The van der Waals surface area contributed by atoms with Crippen molar-refractivity contribution >= 4 is 28.4 Å². The monoisotopic (exact) mass is 418 g/mol. The number of amides is 1. The topological polar surface area (TPSA) is 74.2 Å². The maximum absolute atomic E-state index is 12.7. The number of fused-ring (bicyclic) bond motifs is 1. The summed E-state index contributed by atoms with van der Waals surface area (Å²) in [6, 6.07) is 10.4. The number of aromatic nitrogens is 3. The summed E-state index contributed by atoms with van der Waals surface area (Å²) in [5, 5.41) is 3.12. The lowest BCUT2D eigenvalue weighted by atomic mass is 9.88. The molecule has 0 unspecified atom stereocenters. The van der Waals surface area contributed by atoms with Crippen molar-refractivity contribution in [1.82, 2.24) is 19.9 Å². The van der Waals surface area contributed by atoms with Crippen LogP contribution in [-0.4, -0.2) is 59.0 Å². The molecule has 1 saturated heterocycles. The van der Waals surface area contributed by atoms with Crippen LogP contribution in [0.4, 0.5) is 11.5 Å². The molecule has 1 aromatic carbocycles. The molecule has 7 heteroatoms. The third-order valence-electron chi connectivity index (χ3n) is 6.25. The van der Waals surface area contributed by atoms with Gasteiger partial charge in [-0.2, -0.15) is 0 Å². The molecule has 1 aliphatic heterocycles. The number of pyridine rings is 1. The third-order valence-corrected chi connectivity index (χ3v) is 6.25. The average Bonchev–Trinajstić information content (AvgIpc) is 2.83. The molecule has 0 radical (unpaired) electrons. The van der Waals surface area contributed by atoms with E-state index >= 15 is 0 Å². The van der Waals surface area contributed by atoms with Gasteiger partial charge in [-0.3, -0.25) is 9.78 Å². The Labute approximate surface area is 183 Å². The Bertz CT molecular complexity index is 1070. The smallest absolute Gasteiger partial charge is 0.228 e. The highest BCUT2D eigenvalue weighted by Crippen LogP contribution is 2.28. The van der Waals surface area contributed by atoms with Crippen LogP contribution in [0.25, 0.3) is 22.3 Å². The zero-order valence-electron chi connectivity index (χ0n) is 18.7. The van der Waals surface area contributed by atoms with Crippen molar-refractivity contribution in [2.24, 2.45) is 5.41 Å². The predicted octanol–water partition coefficient (Wildman–Crippen LogP) is 3.82. The first-order valence-corrected chi connectivity index (χ1v) is 10.9. The van der Waals surface area contributed by atoms with Gasteiger partial charge >= 0.3 is 0 Å². The molecule has 3 heterocycles. The molecule has 162 valence electrons. The average molecular weight is 419 g/mol. The highest BCUT2D eigenvalue weighted by Gasteiger charge is 2.32. The summed E-state index contributed by atoms with van der Waals surface area (Å²) in [5.41, 5.74) is 4.36. The van der Waals surface area contributed by atoms with Gasteiger partial charge in [0.15, 0.2) is 5.82 Å². The SMILES string of the molecule is CCC(C)(C)C(=O)N1CCN(c2ccc(-c3cc4nccnc4c(NC)n3)cc2)CC1. The molecule has 1 amide bonds. The van der Waals surface area contributed by atoms with E-state index < -0.39 is 0 Å². The molecule has 1 aliphatic rings. The van der Waals surface area contributed by atoms with Crippen molar-refractivity contribution in [2.75, 3.05) is 43.4 Å². The summed E-state index contributed by atoms with van der Waals surface area (Å²) in [5.74, 6) is 0.983. The summed E-state index contributed by atoms with van der Waals surface area (Å²) in [6.45, 7) is 9.36. The van der Waals surface area contributed by atoms with Gasteiger partial charge in [-0.25, -0.2) is 9.97 Å². The van der Waals surface area contributed by atoms with Crippen LogP contribution < -0.4 is 10.2 Å². The number of piperazine rings is 1. The Hall–Kier alpha value is -3.22. The molecule has 0 saturated carbocycles. The molecule has 31 heavy (non-hydrogen) atoms. The number of benzene rings is 1. The van der Waals surface area contributed by atoms with Gasteiger partial charge in [0.1, 0.15) is 5.52 Å². The van der Waals surface area contributed by atoms with Gasteiger partial charge in [-0.1, -0.05) is 32.9 Å². The lowest BCUT2D eigenvalue weighted by Crippen LogP contribution is -2.52. The number of nitrogens with zero attached hydrogens (tertiary/aromatic N) is 5. The van der Waals surface area contributed by atoms with Gasteiger partial charge in [0, 0.05) is 62.3 Å². The van der Waals surface area contributed by atoms with Gasteiger partial charge < -0.3 is 15.1 Å². The van der Waals surface area contributed by atoms with Gasteiger partial charge in [-0.05, 0) is 24.6 Å². The van der Waals surface area contributed by atoms with Gasteiger partial charge in [-0.15, -0.1) is 0 Å². The van der Waals surface area contributed by atoms with E-state index in [9.17, 15) is 4.79 Å². The molecule has 3 aromatic rings. The molecule has 0 aliphatic carbocycles. The molecule has 2 aromatic heterocycles. The van der Waals surface area contributed by atoms with Crippen molar-refractivity contribution in [1.29, 1.82) is 0 Å². The molecule has 7 nitrogen and oxygen atoms in total. The van der Waals surface area contributed by atoms with Crippen LogP contribution in [-0.2, 0) is 4.79 Å². The summed E-state index contributed by atoms with van der Waals surface area (Å²) >= 11 is 0. The van der Waals surface area contributed by atoms with Crippen LogP contribution in [0.5, 0.6) is 0 Å². The molecule has 1 N–H and O–H groups in total. The first-order chi connectivity index (χ1) is 14.9. The Morgan fingerprint density at radius 3 is 2.39 bits per heavy atom. The van der Waals surface area contributed by atoms with Crippen LogP contribution in [0.3, 0.4) is 0 Å². The lowest BCUT2D eigenvalue weighted by molar-refractivity contribution is -0.140. The summed E-state index contributed by atoms with van der Waals surface area (Å²) in [6.07, 6.45) is 4.23. The third kappa shape index (κ3) is 4.17. The second-order valence-electron chi connectivity index (χ2n) is 8.59. The molecule has 1 fully saturated rings. The van der Waals surface area contributed by atoms with E-state index in [1.54, 1.807) is 12.4 Å². The largest absolute Gasteiger partial charge is 0.371 e. The number of rotatable bonds is 5. The number of hydrogen-bond acceptors (Lipinski definition) is 6. The van der Waals surface area contributed by atoms with Gasteiger partial charge in [0.25, 0.3) is 0 Å². The fraction of sp³-hybridized carbons (Fsp3) is 0.417. The highest BCUT2D eigenvalue weighted by molar-refractivity contribution is 5.88. The fourth-order valence-corrected chi connectivity index (χ4v) is 3.88. The second-order valence-corrected chi connectivity index (χ2v) is 8.59. The van der Waals surface area contributed by atoms with Crippen LogP contribution in [0, 0.1) is 5.41 Å². The Morgan fingerprint density at radius 1 is 1.06 bits per heavy atom. The van der Waals surface area contributed by atoms with E-state index in [2.05, 4.69) is 51.4 Å². The van der Waals surface area contributed by atoms with E-state index in [4.69, 9.17) is 4.98 Å². The van der Waals surface area contributed by atoms with Crippen molar-refractivity contribution in [2.45, 2.75) is 27.2 Å². The number of nitrogens with one attached hydrogen (secondary N) is 1. The standard InChI is InChI=1S/C24H30N6O/c1-5-24(2,3)23(31)30-14-12-29(13-15-30)18-8-6-17(7-9-18)19-16-20-21(22(25-4)28-19)27-11-10-26-20/h6-11,16H,5,12-15H2,1-4H3,(H,25,28). The molecule has 0 atom stereocenters. The summed E-state index contributed by atoms with van der Waals surface area (Å²) in [4.78, 5) is 30.6. The molecular weight excluding hydrogens is 388 g/mol. The Balaban J connectivity index is 1.48. The number of carbonyl (C=O) groups excluding carboxylic acids is 1. The maximum atomic E-state index is 12.7. The molecular formula is C24H30N6O. The minimum absolute atomic E-state index is 0.260. The van der Waals surface area contributed by atoms with Crippen LogP contribution in [0.15, 0.2) is 42.7 Å². The zero-order chi connectivity index (χ0) is 22.0. The van der Waals surface area contributed by atoms with Gasteiger partial charge in [0.05, 0.1) is 11.2 Å². The number of carbonyl (C=O) groups is 1. The minimum atomic E-state index is -0.284. The van der Waals surface area contributed by atoms with Crippen LogP contribution >= 0.6 is 0 Å². The number of hydrogen-bond donors (Lipinski definition) is 1. The van der Waals surface area contributed by atoms with Crippen molar-refractivity contribution in [3.63, 3.8) is 0 Å². The van der Waals surface area contributed by atoms with E-state index in [1.807, 2.05) is 31.9 Å². The normalized spacial score (nSPS) is 14.7. The lowest BCUT2D eigenvalue weighted by Gasteiger charge is -2.39. The van der Waals surface area contributed by atoms with Crippen molar-refractivity contribution in [3.05, 3.63) is 42.7 Å². The van der Waals surface area contributed by atoms with Gasteiger partial charge in [0.2, 0.25) is 5.91 Å². The van der Waals surface area contributed by atoms with E-state index in [0.29, 0.717) is 0 Å². The minimum Gasteiger partial charge on any atom is -0.371 e. The maximum Gasteiger partial charge on any atom is 0.228 e. The molecule has 0 bridgehead atoms. The zero-order valence-corrected chi connectivity index (χ0v) is 18.7. The molecule has 0 spiro atoms. The highest BCUT2D eigenvalue weighted by atomic mass is 16.2. The Kier molecular flexibility index (Phi) is 5.76.